The SMILES string of the molecule is O=C(/C=C1\CCCNc2cc([C](F)(I)[Tl])ccc21)NC1CCCc2cccnc2C1. The fourth-order valence-electron chi connectivity index (χ4n) is 4.25. The fourth-order valence-corrected chi connectivity index (χ4v) is 5.28. The zero-order valence-electron chi connectivity index (χ0n) is 16.8. The van der Waals surface area contributed by atoms with Crippen molar-refractivity contribution in [2.24, 2.45) is 0 Å². The Kier molecular flexibility index (Phi) is 7.11. The number of allylic oxidation sites excluding steroid dienone is 1. The van der Waals surface area contributed by atoms with Crippen LogP contribution in [0.2, 0.25) is 0 Å². The quantitative estimate of drug-likeness (QED) is 0.164. The molecule has 0 saturated heterocycles. The number of pyridine rings is 1. The van der Waals surface area contributed by atoms with E-state index in [9.17, 15) is 9.18 Å². The summed E-state index contributed by atoms with van der Waals surface area (Å²) in [6, 6.07) is 9.96. The van der Waals surface area contributed by atoms with Gasteiger partial charge in [0.05, 0.1) is 0 Å². The van der Waals surface area contributed by atoms with Gasteiger partial charge in [0.2, 0.25) is 0 Å². The van der Waals surface area contributed by atoms with Crippen LogP contribution in [0.25, 0.3) is 5.57 Å². The monoisotopic (exact) mass is 709 g/mol. The Morgan fingerprint density at radius 1 is 1.33 bits per heavy atom. The van der Waals surface area contributed by atoms with Gasteiger partial charge in [-0.2, -0.15) is 0 Å². The number of hydrogen-bond donors (Lipinski definition) is 2. The van der Waals surface area contributed by atoms with E-state index in [-0.39, 0.29) is 37.7 Å². The first-order valence-electron chi connectivity index (χ1n) is 10.4. The third-order valence-corrected chi connectivity index (χ3v) is 7.68. The van der Waals surface area contributed by atoms with E-state index in [0.29, 0.717) is 5.56 Å². The number of nitrogens with one attached hydrogen (secondary N) is 2. The van der Waals surface area contributed by atoms with Crippen LogP contribution >= 0.6 is 22.6 Å². The molecule has 2 N–H and O–H groups in total. The molecular weight excluding hydrogens is 685 g/mol. The molecule has 2 aliphatic rings. The van der Waals surface area contributed by atoms with E-state index >= 15 is 0 Å². The number of anilines is 1. The number of amides is 1. The first kappa shape index (κ1) is 22.2. The number of fused-ring (bicyclic) bond motifs is 2. The Morgan fingerprint density at radius 2 is 2.20 bits per heavy atom. The summed E-state index contributed by atoms with van der Waals surface area (Å²) in [6.45, 7) is 0.824. The Bertz CT molecular complexity index is 973. The first-order valence-corrected chi connectivity index (χ1v) is 13.7. The van der Waals surface area contributed by atoms with Crippen LogP contribution in [0.4, 0.5) is 10.1 Å². The van der Waals surface area contributed by atoms with Crippen molar-refractivity contribution in [1.29, 1.82) is 0 Å². The van der Waals surface area contributed by atoms with Crippen molar-refractivity contribution >= 4 is 65.5 Å². The molecule has 4 nitrogen and oxygen atoms in total. The molecule has 154 valence electrons. The molecule has 1 aliphatic carbocycles. The number of aryl methyl sites for hydroxylation is 1. The number of halogens is 2. The van der Waals surface area contributed by atoms with Gasteiger partial charge in [-0.25, -0.2) is 0 Å². The summed E-state index contributed by atoms with van der Waals surface area (Å²) in [7, 11) is 0. The van der Waals surface area contributed by atoms with Gasteiger partial charge in [-0.15, -0.1) is 0 Å². The van der Waals surface area contributed by atoms with Crippen LogP contribution in [0.15, 0.2) is 42.6 Å². The topological polar surface area (TPSA) is 54.0 Å². The minimum absolute atomic E-state index is 0.0515. The molecule has 0 spiro atoms. The number of nitrogens with zero attached hydrogens (tertiary/aromatic N) is 1. The van der Waals surface area contributed by atoms with Crippen molar-refractivity contribution in [2.75, 3.05) is 11.9 Å². The Hall–Kier alpha value is -1.04. The van der Waals surface area contributed by atoms with Gasteiger partial charge in [-0.3, -0.25) is 4.98 Å². The number of rotatable bonds is 3. The van der Waals surface area contributed by atoms with Crippen molar-refractivity contribution in [3.8, 4) is 0 Å². The Labute approximate surface area is 206 Å². The molecule has 2 aromatic rings. The predicted molar refractivity (Wildman–Crippen MR) is 128 cm³/mol. The van der Waals surface area contributed by atoms with Crippen molar-refractivity contribution in [2.45, 2.75) is 45.8 Å². The third-order valence-electron chi connectivity index (χ3n) is 5.76. The van der Waals surface area contributed by atoms with Gasteiger partial charge in [-0.05, 0) is 18.1 Å². The summed E-state index contributed by atoms with van der Waals surface area (Å²) in [5, 5.41) is 6.61. The molecule has 0 bridgehead atoms. The molecule has 2 heterocycles. The molecule has 0 saturated carbocycles. The number of alkyl halides is 2. The van der Waals surface area contributed by atoms with Crippen LogP contribution in [0.3, 0.4) is 0 Å². The number of benzene rings is 1. The zero-order chi connectivity index (χ0) is 21.1. The molecule has 4 rings (SSSR count). The van der Waals surface area contributed by atoms with Gasteiger partial charge in [0.25, 0.3) is 0 Å². The molecule has 7 heteroatoms. The molecule has 0 radical (unpaired) electrons. The maximum absolute atomic E-state index is 14.4. The Balaban J connectivity index is 1.52. The van der Waals surface area contributed by atoms with E-state index in [1.54, 1.807) is 6.08 Å². The molecule has 1 amide bonds. The van der Waals surface area contributed by atoms with Crippen LogP contribution in [0.5, 0.6) is 0 Å². The molecular formula is C23H24FIN3OTl. The number of aromatic nitrogens is 1. The standard InChI is InChI=1S/C23H24FIN3O.Tl/c24-23(25)17-8-9-19-16(6-3-11-27-21(19)12-17)13-22(29)28-18-7-1-4-15-5-2-10-26-20(15)14-18;/h2,5,8-10,12-13,18,27H,1,3-4,6-7,11,14H2,(H,28,29);/b16-13+;. The third kappa shape index (κ3) is 5.41. The Morgan fingerprint density at radius 3 is 3.03 bits per heavy atom. The molecule has 2 unspecified atom stereocenters. The summed E-state index contributed by atoms with van der Waals surface area (Å²) in [4.78, 5) is 17.4. The van der Waals surface area contributed by atoms with Crippen LogP contribution in [0.1, 0.15) is 48.1 Å². The summed E-state index contributed by atoms with van der Waals surface area (Å²) in [6.07, 6.45) is 9.15. The second-order valence-corrected chi connectivity index (χ2v) is 17.2. The average Bonchev–Trinajstić information content (AvgIpc) is 3.02. The summed E-state index contributed by atoms with van der Waals surface area (Å²) in [5.74, 6) is -0.0515. The second-order valence-electron chi connectivity index (χ2n) is 7.99. The van der Waals surface area contributed by atoms with Gasteiger partial charge >= 0.3 is 172 Å². The summed E-state index contributed by atoms with van der Waals surface area (Å²) >= 11 is 2.08. The molecule has 1 aliphatic heterocycles. The maximum atomic E-state index is 14.4. The van der Waals surface area contributed by atoms with E-state index in [0.717, 1.165) is 67.6 Å². The van der Waals surface area contributed by atoms with Gasteiger partial charge in [0.1, 0.15) is 0 Å². The van der Waals surface area contributed by atoms with E-state index in [4.69, 9.17) is 0 Å². The van der Waals surface area contributed by atoms with E-state index in [1.165, 1.54) is 5.56 Å². The fraction of sp³-hybridized carbons (Fsp3) is 0.391. The van der Waals surface area contributed by atoms with Crippen LogP contribution < -0.4 is 10.6 Å². The molecule has 1 aromatic carbocycles. The van der Waals surface area contributed by atoms with E-state index < -0.39 is 1.23 Å². The van der Waals surface area contributed by atoms with E-state index in [2.05, 4.69) is 21.7 Å². The number of carbonyl (C=O) groups excluding carboxylic acids is 1. The number of carbonyl (C=O) groups is 1. The van der Waals surface area contributed by atoms with Crippen molar-refractivity contribution < 1.29 is 9.18 Å². The number of hydrogen-bond acceptors (Lipinski definition) is 3. The summed E-state index contributed by atoms with van der Waals surface area (Å²) < 4.78 is 13.2. The normalized spacial score (nSPS) is 21.9. The van der Waals surface area contributed by atoms with Gasteiger partial charge in [-0.1, -0.05) is 6.07 Å². The predicted octanol–water partition coefficient (Wildman–Crippen LogP) is 4.42. The molecule has 1 aromatic heterocycles. The van der Waals surface area contributed by atoms with Crippen LogP contribution in [-0.2, 0) is 18.9 Å². The summed E-state index contributed by atoms with van der Waals surface area (Å²) in [5.41, 5.74) is 6.04. The van der Waals surface area contributed by atoms with Gasteiger partial charge < -0.3 is 0 Å². The van der Waals surface area contributed by atoms with Crippen molar-refractivity contribution in [1.82, 2.24) is 10.3 Å². The molecule has 30 heavy (non-hydrogen) atoms. The van der Waals surface area contributed by atoms with Gasteiger partial charge in [0.15, 0.2) is 0 Å². The average molecular weight is 709 g/mol. The van der Waals surface area contributed by atoms with Gasteiger partial charge in [0, 0.05) is 6.20 Å². The van der Waals surface area contributed by atoms with E-state index in [1.807, 2.05) is 53.1 Å². The van der Waals surface area contributed by atoms with Crippen molar-refractivity contribution in [3.63, 3.8) is 0 Å². The zero-order valence-corrected chi connectivity index (χ0v) is 23.4. The minimum atomic E-state index is -1.26. The molecule has 2 atom stereocenters. The van der Waals surface area contributed by atoms with Crippen LogP contribution in [0, 0.1) is 0 Å². The second kappa shape index (κ2) is 9.62. The van der Waals surface area contributed by atoms with Crippen LogP contribution in [-0.4, -0.2) is 49.2 Å². The van der Waals surface area contributed by atoms with Crippen molar-refractivity contribution in [3.05, 3.63) is 65.0 Å². The molecule has 0 fully saturated rings. The first-order chi connectivity index (χ1) is 14.4.